The first-order chi connectivity index (χ1) is 8.16. The topological polar surface area (TPSA) is 27.7 Å². The third kappa shape index (κ3) is 4.03. The summed E-state index contributed by atoms with van der Waals surface area (Å²) < 4.78 is 11.2. The molecule has 0 aromatic heterocycles. The largest absolute Gasteiger partial charge is 0.445 e. The Morgan fingerprint density at radius 2 is 1.24 bits per heavy atom. The first-order valence-corrected chi connectivity index (χ1v) is 8.85. The first-order valence-electron chi connectivity index (χ1n) is 7.05. The van der Waals surface area contributed by atoms with Gasteiger partial charge in [0.1, 0.15) is 0 Å². The Balaban J connectivity index is 5.20. The van der Waals surface area contributed by atoms with Crippen molar-refractivity contribution >= 4 is 8.80 Å². The fraction of sp³-hybridized carbons (Fsp3) is 1.00. The van der Waals surface area contributed by atoms with Crippen LogP contribution < -0.4 is 4.98 Å². The minimum atomic E-state index is -2.14. The van der Waals surface area contributed by atoms with Gasteiger partial charge in [-0.05, 0) is 39.6 Å². The van der Waals surface area contributed by atoms with E-state index in [-0.39, 0.29) is 0 Å². The smallest absolute Gasteiger partial charge is 0.380 e. The predicted molar refractivity (Wildman–Crippen MR) is 76.9 cm³/mol. The molecule has 1 N–H and O–H groups in total. The van der Waals surface area contributed by atoms with E-state index in [0.29, 0.717) is 0 Å². The zero-order chi connectivity index (χ0) is 13.3. The standard InChI is InChI=1S/C12H31N3OSi/c1-7-13-17(16-12-6,14(8-2)9-3)15(10-4)11-5/h13H,7-12H2,1-6H3. The molecule has 0 rings (SSSR count). The van der Waals surface area contributed by atoms with Gasteiger partial charge < -0.3 is 4.43 Å². The van der Waals surface area contributed by atoms with Gasteiger partial charge in [-0.25, -0.2) is 0 Å². The van der Waals surface area contributed by atoms with Crippen LogP contribution in [0.15, 0.2) is 0 Å². The fourth-order valence-corrected chi connectivity index (χ4v) is 6.29. The van der Waals surface area contributed by atoms with Crippen LogP contribution in [0.2, 0.25) is 0 Å². The highest BCUT2D eigenvalue weighted by Gasteiger charge is 2.46. The molecule has 4 nitrogen and oxygen atoms in total. The van der Waals surface area contributed by atoms with Gasteiger partial charge in [0.05, 0.1) is 0 Å². The van der Waals surface area contributed by atoms with Gasteiger partial charge in [0.25, 0.3) is 0 Å². The second-order valence-electron chi connectivity index (χ2n) is 3.92. The van der Waals surface area contributed by atoms with E-state index in [0.717, 1.165) is 39.3 Å². The molecule has 0 bridgehead atoms. The summed E-state index contributed by atoms with van der Waals surface area (Å²) in [6.45, 7) is 19.0. The Hall–Kier alpha value is 0.0569. The Kier molecular flexibility index (Phi) is 9.08. The minimum Gasteiger partial charge on any atom is -0.380 e. The van der Waals surface area contributed by atoms with Crippen LogP contribution in [0.3, 0.4) is 0 Å². The van der Waals surface area contributed by atoms with Crippen LogP contribution in [0.1, 0.15) is 41.5 Å². The summed E-state index contributed by atoms with van der Waals surface area (Å²) in [4.78, 5) is 3.67. The molecular formula is C12H31N3OSi. The molecular weight excluding hydrogens is 230 g/mol. The second-order valence-corrected chi connectivity index (χ2v) is 7.04. The van der Waals surface area contributed by atoms with E-state index in [1.165, 1.54) is 0 Å². The van der Waals surface area contributed by atoms with Crippen LogP contribution in [0, 0.1) is 0 Å². The van der Waals surface area contributed by atoms with E-state index in [4.69, 9.17) is 4.43 Å². The highest BCUT2D eigenvalue weighted by Crippen LogP contribution is 2.14. The predicted octanol–water partition coefficient (Wildman–Crippen LogP) is 1.75. The van der Waals surface area contributed by atoms with Crippen LogP contribution >= 0.6 is 0 Å². The summed E-state index contributed by atoms with van der Waals surface area (Å²) in [6, 6.07) is 0. The molecule has 0 spiro atoms. The maximum absolute atomic E-state index is 6.24. The molecule has 0 fully saturated rings. The van der Waals surface area contributed by atoms with Gasteiger partial charge in [-0.3, -0.25) is 14.1 Å². The number of nitrogens with zero attached hydrogens (tertiary/aromatic N) is 2. The molecule has 104 valence electrons. The summed E-state index contributed by atoms with van der Waals surface area (Å²) in [7, 11) is -2.14. The van der Waals surface area contributed by atoms with Gasteiger partial charge in [-0.2, -0.15) is 0 Å². The van der Waals surface area contributed by atoms with E-state index in [2.05, 4.69) is 55.7 Å². The molecule has 0 amide bonds. The Bertz CT molecular complexity index is 165. The highest BCUT2D eigenvalue weighted by atomic mass is 28.4. The Morgan fingerprint density at radius 1 is 0.824 bits per heavy atom. The minimum absolute atomic E-state index is 0.770. The number of nitrogens with one attached hydrogen (secondary N) is 1. The Morgan fingerprint density at radius 3 is 1.47 bits per heavy atom. The van der Waals surface area contributed by atoms with Crippen molar-refractivity contribution in [3.8, 4) is 0 Å². The average molecular weight is 261 g/mol. The van der Waals surface area contributed by atoms with Crippen LogP contribution in [-0.4, -0.2) is 57.3 Å². The molecule has 17 heavy (non-hydrogen) atoms. The summed E-state index contributed by atoms with van der Waals surface area (Å²) in [6.07, 6.45) is 0. The highest BCUT2D eigenvalue weighted by molar-refractivity contribution is 6.65. The second kappa shape index (κ2) is 9.05. The van der Waals surface area contributed by atoms with Crippen molar-refractivity contribution in [2.24, 2.45) is 0 Å². The average Bonchev–Trinajstić information content (AvgIpc) is 2.32. The fourth-order valence-electron chi connectivity index (χ4n) is 2.39. The van der Waals surface area contributed by atoms with Crippen LogP contribution in [-0.2, 0) is 4.43 Å². The van der Waals surface area contributed by atoms with Crippen molar-refractivity contribution in [1.29, 1.82) is 0 Å². The molecule has 0 saturated carbocycles. The van der Waals surface area contributed by atoms with Crippen molar-refractivity contribution in [3.63, 3.8) is 0 Å². The van der Waals surface area contributed by atoms with Gasteiger partial charge in [-0.15, -0.1) is 0 Å². The van der Waals surface area contributed by atoms with Gasteiger partial charge in [0.15, 0.2) is 0 Å². The van der Waals surface area contributed by atoms with Gasteiger partial charge in [0, 0.05) is 6.61 Å². The normalized spacial score (nSPS) is 12.7. The maximum Gasteiger partial charge on any atom is 0.445 e. The van der Waals surface area contributed by atoms with Crippen molar-refractivity contribution < 1.29 is 4.43 Å². The lowest BCUT2D eigenvalue weighted by atomic mass is 10.7. The van der Waals surface area contributed by atoms with Crippen molar-refractivity contribution in [1.82, 2.24) is 14.1 Å². The third-order valence-corrected chi connectivity index (χ3v) is 7.62. The van der Waals surface area contributed by atoms with Gasteiger partial charge >= 0.3 is 8.80 Å². The summed E-state index contributed by atoms with van der Waals surface area (Å²) in [5, 5.41) is 0. The molecule has 5 heteroatoms. The SMILES string of the molecule is CCN[Si](OCC)(N(CC)CC)N(CC)CC. The molecule has 0 aliphatic rings. The molecule has 0 aromatic carbocycles. The lowest BCUT2D eigenvalue weighted by Gasteiger charge is -2.45. The van der Waals surface area contributed by atoms with E-state index in [1.54, 1.807) is 0 Å². The van der Waals surface area contributed by atoms with Crippen molar-refractivity contribution in [2.75, 3.05) is 39.3 Å². The molecule has 0 radical (unpaired) electrons. The summed E-state index contributed by atoms with van der Waals surface area (Å²) in [5.74, 6) is 0. The van der Waals surface area contributed by atoms with Gasteiger partial charge in [-0.1, -0.05) is 34.6 Å². The zero-order valence-corrected chi connectivity index (χ0v) is 13.5. The molecule has 0 heterocycles. The number of hydrogen-bond donors (Lipinski definition) is 1. The van der Waals surface area contributed by atoms with Gasteiger partial charge in [0.2, 0.25) is 0 Å². The van der Waals surface area contributed by atoms with Crippen LogP contribution in [0.4, 0.5) is 0 Å². The van der Waals surface area contributed by atoms with Crippen molar-refractivity contribution in [3.05, 3.63) is 0 Å². The van der Waals surface area contributed by atoms with E-state index in [1.807, 2.05) is 0 Å². The monoisotopic (exact) mass is 261 g/mol. The molecule has 0 saturated heterocycles. The van der Waals surface area contributed by atoms with E-state index >= 15 is 0 Å². The summed E-state index contributed by atoms with van der Waals surface area (Å²) in [5.41, 5.74) is 0. The quantitative estimate of drug-likeness (QED) is 0.606. The molecule has 0 atom stereocenters. The Labute approximate surface area is 109 Å². The maximum atomic E-state index is 6.24. The lowest BCUT2D eigenvalue weighted by molar-refractivity contribution is 0.173. The molecule has 0 aliphatic carbocycles. The van der Waals surface area contributed by atoms with Crippen LogP contribution in [0.5, 0.6) is 0 Å². The third-order valence-electron chi connectivity index (χ3n) is 3.14. The lowest BCUT2D eigenvalue weighted by Crippen LogP contribution is -2.76. The molecule has 0 aromatic rings. The van der Waals surface area contributed by atoms with Crippen LogP contribution in [0.25, 0.3) is 0 Å². The molecule has 0 unspecified atom stereocenters. The number of hydrogen-bond acceptors (Lipinski definition) is 4. The molecule has 0 aliphatic heterocycles. The van der Waals surface area contributed by atoms with E-state index < -0.39 is 8.80 Å². The van der Waals surface area contributed by atoms with Crippen molar-refractivity contribution in [2.45, 2.75) is 41.5 Å². The summed E-state index contributed by atoms with van der Waals surface area (Å²) >= 11 is 0. The number of rotatable bonds is 10. The first kappa shape index (κ1) is 17.1. The van der Waals surface area contributed by atoms with E-state index in [9.17, 15) is 0 Å². The zero-order valence-electron chi connectivity index (χ0n) is 12.5.